The van der Waals surface area contributed by atoms with E-state index in [4.69, 9.17) is 0 Å². The molecule has 0 fully saturated rings. The smallest absolute Gasteiger partial charge is 0.238 e. The summed E-state index contributed by atoms with van der Waals surface area (Å²) in [4.78, 5) is 17.3. The molecule has 0 aromatic carbocycles. The van der Waals surface area contributed by atoms with E-state index in [1.807, 2.05) is 31.1 Å². The van der Waals surface area contributed by atoms with Crippen molar-refractivity contribution >= 4 is 17.4 Å². The molecule has 1 heterocycles. The Bertz CT molecular complexity index is 321. The Kier molecular flexibility index (Phi) is 4.05. The molecular weight excluding hydrogens is 192 g/mol. The van der Waals surface area contributed by atoms with Crippen LogP contribution in [-0.4, -0.2) is 43.5 Å². The van der Waals surface area contributed by atoms with Gasteiger partial charge in [-0.15, -0.1) is 0 Å². The highest BCUT2D eigenvalue weighted by molar-refractivity contribution is 5.92. The van der Waals surface area contributed by atoms with Crippen molar-refractivity contribution in [3.8, 4) is 0 Å². The number of anilines is 2. The highest BCUT2D eigenvalue weighted by Gasteiger charge is 2.03. The zero-order chi connectivity index (χ0) is 11.3. The van der Waals surface area contributed by atoms with Crippen LogP contribution in [0.15, 0.2) is 18.3 Å². The Morgan fingerprint density at radius 2 is 2.20 bits per heavy atom. The molecule has 82 valence electrons. The predicted octanol–water partition coefficient (Wildman–Crippen LogP) is 0.623. The van der Waals surface area contributed by atoms with E-state index in [0.29, 0.717) is 12.2 Å². The summed E-state index contributed by atoms with van der Waals surface area (Å²) in [5.41, 5.74) is 0.709. The molecule has 0 aliphatic rings. The molecule has 1 aromatic heterocycles. The maximum absolute atomic E-state index is 11.4. The zero-order valence-corrected chi connectivity index (χ0v) is 9.24. The summed E-state index contributed by atoms with van der Waals surface area (Å²) in [5.74, 6) is 0.736. The maximum Gasteiger partial charge on any atom is 0.238 e. The van der Waals surface area contributed by atoms with Gasteiger partial charge < -0.3 is 15.5 Å². The molecule has 0 aliphatic heterocycles. The van der Waals surface area contributed by atoms with Crippen molar-refractivity contribution in [2.45, 2.75) is 0 Å². The van der Waals surface area contributed by atoms with Crippen molar-refractivity contribution in [3.63, 3.8) is 0 Å². The van der Waals surface area contributed by atoms with Crippen molar-refractivity contribution in [3.05, 3.63) is 18.3 Å². The lowest BCUT2D eigenvalue weighted by atomic mass is 10.4. The van der Waals surface area contributed by atoms with Crippen molar-refractivity contribution in [2.75, 3.05) is 38.3 Å². The van der Waals surface area contributed by atoms with Crippen LogP contribution in [-0.2, 0) is 4.79 Å². The van der Waals surface area contributed by atoms with E-state index in [1.54, 1.807) is 13.2 Å². The topological polar surface area (TPSA) is 57.3 Å². The molecule has 1 rings (SSSR count). The van der Waals surface area contributed by atoms with Crippen molar-refractivity contribution in [2.24, 2.45) is 0 Å². The van der Waals surface area contributed by atoms with Gasteiger partial charge in [-0.3, -0.25) is 4.79 Å². The van der Waals surface area contributed by atoms with E-state index < -0.39 is 0 Å². The molecule has 15 heavy (non-hydrogen) atoms. The molecule has 0 spiro atoms. The summed E-state index contributed by atoms with van der Waals surface area (Å²) in [7, 11) is 5.50. The standard InChI is InChI=1S/C10H16N4O/c1-11-9-5-4-8(6-12-9)13-10(15)7-14(2)3/h4-6H,7H2,1-3H3,(H,11,12)(H,13,15). The summed E-state index contributed by atoms with van der Waals surface area (Å²) >= 11 is 0. The van der Waals surface area contributed by atoms with Crippen LogP contribution < -0.4 is 10.6 Å². The highest BCUT2D eigenvalue weighted by Crippen LogP contribution is 2.08. The summed E-state index contributed by atoms with van der Waals surface area (Å²) in [6.45, 7) is 0.369. The molecular formula is C10H16N4O. The van der Waals surface area contributed by atoms with E-state index in [0.717, 1.165) is 5.82 Å². The average Bonchev–Trinajstić information content (AvgIpc) is 2.17. The van der Waals surface area contributed by atoms with Crippen LogP contribution in [0.1, 0.15) is 0 Å². The number of rotatable bonds is 4. The first kappa shape index (κ1) is 11.5. The molecule has 1 amide bonds. The predicted molar refractivity (Wildman–Crippen MR) is 61.0 cm³/mol. The Morgan fingerprint density at radius 3 is 2.67 bits per heavy atom. The van der Waals surface area contributed by atoms with Crippen molar-refractivity contribution in [1.29, 1.82) is 0 Å². The minimum atomic E-state index is -0.0426. The van der Waals surface area contributed by atoms with E-state index >= 15 is 0 Å². The van der Waals surface area contributed by atoms with Crippen LogP contribution in [0.2, 0.25) is 0 Å². The molecule has 0 saturated heterocycles. The first-order chi connectivity index (χ1) is 7.11. The van der Waals surface area contributed by atoms with Gasteiger partial charge in [-0.2, -0.15) is 0 Å². The lowest BCUT2D eigenvalue weighted by Gasteiger charge is -2.09. The molecule has 0 atom stereocenters. The SMILES string of the molecule is CNc1ccc(NC(=O)CN(C)C)cn1. The number of hydrogen-bond donors (Lipinski definition) is 2. The van der Waals surface area contributed by atoms with Gasteiger partial charge in [0.15, 0.2) is 0 Å². The second-order valence-electron chi connectivity index (χ2n) is 3.47. The normalized spacial score (nSPS) is 10.1. The Balaban J connectivity index is 2.53. The number of carbonyl (C=O) groups excluding carboxylic acids is 1. The minimum Gasteiger partial charge on any atom is -0.373 e. The molecule has 0 aliphatic carbocycles. The molecule has 5 heteroatoms. The molecule has 0 radical (unpaired) electrons. The number of nitrogens with zero attached hydrogens (tertiary/aromatic N) is 2. The van der Waals surface area contributed by atoms with Crippen molar-refractivity contribution < 1.29 is 4.79 Å². The van der Waals surface area contributed by atoms with E-state index in [-0.39, 0.29) is 5.91 Å². The van der Waals surface area contributed by atoms with E-state index in [9.17, 15) is 4.79 Å². The quantitative estimate of drug-likeness (QED) is 0.761. The molecule has 0 bridgehead atoms. The van der Waals surface area contributed by atoms with Gasteiger partial charge in [0.1, 0.15) is 5.82 Å². The number of amides is 1. The lowest BCUT2D eigenvalue weighted by molar-refractivity contribution is -0.116. The number of likely N-dealkylation sites (N-methyl/N-ethyl adjacent to an activating group) is 1. The van der Waals surface area contributed by atoms with Crippen molar-refractivity contribution in [1.82, 2.24) is 9.88 Å². The first-order valence-corrected chi connectivity index (χ1v) is 4.70. The number of nitrogens with one attached hydrogen (secondary N) is 2. The monoisotopic (exact) mass is 208 g/mol. The van der Waals surface area contributed by atoms with Crippen LogP contribution >= 0.6 is 0 Å². The minimum absolute atomic E-state index is 0.0426. The van der Waals surface area contributed by atoms with Crippen LogP contribution in [0.5, 0.6) is 0 Å². The van der Waals surface area contributed by atoms with Gasteiger partial charge in [-0.25, -0.2) is 4.98 Å². The fourth-order valence-electron chi connectivity index (χ4n) is 1.10. The second kappa shape index (κ2) is 5.31. The Labute approximate surface area is 89.5 Å². The van der Waals surface area contributed by atoms with Gasteiger partial charge in [0, 0.05) is 7.05 Å². The molecule has 5 nitrogen and oxygen atoms in total. The third kappa shape index (κ3) is 3.95. The molecule has 1 aromatic rings. The van der Waals surface area contributed by atoms with Gasteiger partial charge in [0.25, 0.3) is 0 Å². The molecule has 2 N–H and O–H groups in total. The Hall–Kier alpha value is -1.62. The first-order valence-electron chi connectivity index (χ1n) is 4.70. The number of aromatic nitrogens is 1. The van der Waals surface area contributed by atoms with Crippen LogP contribution in [0.25, 0.3) is 0 Å². The van der Waals surface area contributed by atoms with Gasteiger partial charge in [-0.1, -0.05) is 0 Å². The molecule has 0 saturated carbocycles. The summed E-state index contributed by atoms with van der Waals surface area (Å²) < 4.78 is 0. The van der Waals surface area contributed by atoms with E-state index in [1.165, 1.54) is 0 Å². The van der Waals surface area contributed by atoms with E-state index in [2.05, 4.69) is 15.6 Å². The van der Waals surface area contributed by atoms with Crippen LogP contribution in [0.4, 0.5) is 11.5 Å². The van der Waals surface area contributed by atoms with Gasteiger partial charge in [0.2, 0.25) is 5.91 Å². The summed E-state index contributed by atoms with van der Waals surface area (Å²) in [5, 5.41) is 5.66. The van der Waals surface area contributed by atoms with Gasteiger partial charge in [0.05, 0.1) is 18.4 Å². The summed E-state index contributed by atoms with van der Waals surface area (Å²) in [6.07, 6.45) is 1.62. The highest BCUT2D eigenvalue weighted by atomic mass is 16.2. The Morgan fingerprint density at radius 1 is 1.47 bits per heavy atom. The lowest BCUT2D eigenvalue weighted by Crippen LogP contribution is -2.27. The van der Waals surface area contributed by atoms with Gasteiger partial charge in [-0.05, 0) is 26.2 Å². The van der Waals surface area contributed by atoms with Gasteiger partial charge >= 0.3 is 0 Å². The zero-order valence-electron chi connectivity index (χ0n) is 9.24. The third-order valence-corrected chi connectivity index (χ3v) is 1.76. The molecule has 0 unspecified atom stereocenters. The third-order valence-electron chi connectivity index (χ3n) is 1.76. The second-order valence-corrected chi connectivity index (χ2v) is 3.47. The van der Waals surface area contributed by atoms with Crippen LogP contribution in [0.3, 0.4) is 0 Å². The fraction of sp³-hybridized carbons (Fsp3) is 0.400. The number of pyridine rings is 1. The largest absolute Gasteiger partial charge is 0.373 e. The summed E-state index contributed by atoms with van der Waals surface area (Å²) in [6, 6.07) is 3.62. The number of carbonyl (C=O) groups is 1. The van der Waals surface area contributed by atoms with Crippen LogP contribution in [0, 0.1) is 0 Å². The average molecular weight is 208 g/mol. The fourth-order valence-corrected chi connectivity index (χ4v) is 1.10. The number of hydrogen-bond acceptors (Lipinski definition) is 4. The maximum atomic E-state index is 11.4.